The molecule has 1 amide bonds. The Hall–Kier alpha value is -3.43. The second-order valence-electron chi connectivity index (χ2n) is 7.79. The van der Waals surface area contributed by atoms with Gasteiger partial charge in [0.1, 0.15) is 0 Å². The topological polar surface area (TPSA) is 116 Å². The maximum Gasteiger partial charge on any atom is 0.258 e. The van der Waals surface area contributed by atoms with Crippen LogP contribution in [0.4, 0.5) is 17.1 Å². The van der Waals surface area contributed by atoms with E-state index in [2.05, 4.69) is 26.4 Å². The number of carbonyl (C=O) groups excluding carboxylic acids is 1. The predicted octanol–water partition coefficient (Wildman–Crippen LogP) is 2.32. The molecule has 0 bridgehead atoms. The van der Waals surface area contributed by atoms with Crippen LogP contribution in [0, 0.1) is 0 Å². The van der Waals surface area contributed by atoms with Gasteiger partial charge in [0.2, 0.25) is 11.7 Å². The molecule has 0 atom stereocenters. The predicted molar refractivity (Wildman–Crippen MR) is 108 cm³/mol. The van der Waals surface area contributed by atoms with Crippen LogP contribution in [0.25, 0.3) is 22.8 Å². The van der Waals surface area contributed by atoms with Gasteiger partial charge in [-0.1, -0.05) is 5.16 Å². The number of rotatable bonds is 4. The molecule has 2 aliphatic rings. The second kappa shape index (κ2) is 6.29. The molecule has 2 aromatic carbocycles. The van der Waals surface area contributed by atoms with Gasteiger partial charge in [0, 0.05) is 16.8 Å². The van der Waals surface area contributed by atoms with Gasteiger partial charge in [0.25, 0.3) is 5.89 Å². The third kappa shape index (κ3) is 2.91. The van der Waals surface area contributed by atoms with E-state index in [9.17, 15) is 9.90 Å². The van der Waals surface area contributed by atoms with Gasteiger partial charge >= 0.3 is 0 Å². The summed E-state index contributed by atoms with van der Waals surface area (Å²) in [5.41, 5.74) is 10.8. The summed E-state index contributed by atoms with van der Waals surface area (Å²) in [5.74, 6) is 0.858. The van der Waals surface area contributed by atoms with E-state index in [0.717, 1.165) is 33.8 Å². The number of hydrogen-bond donors (Lipinski definition) is 4. The van der Waals surface area contributed by atoms with Gasteiger partial charge in [-0.2, -0.15) is 4.98 Å². The summed E-state index contributed by atoms with van der Waals surface area (Å²) in [7, 11) is 0. The molecule has 0 saturated carbocycles. The minimum atomic E-state index is -0.469. The maximum atomic E-state index is 11.5. The van der Waals surface area contributed by atoms with Crippen molar-refractivity contribution in [3.8, 4) is 22.8 Å². The van der Waals surface area contributed by atoms with Crippen LogP contribution in [0.5, 0.6) is 0 Å². The average Bonchev–Trinajstić information content (AvgIpc) is 3.43. The molecule has 3 aromatic rings. The molecule has 9 nitrogen and oxygen atoms in total. The first-order valence-electron chi connectivity index (χ1n) is 9.29. The largest absolute Gasteiger partial charge is 0.394 e. The maximum absolute atomic E-state index is 11.5. The Kier molecular flexibility index (Phi) is 3.83. The lowest BCUT2D eigenvalue weighted by Gasteiger charge is -2.34. The molecule has 148 valence electrons. The highest BCUT2D eigenvalue weighted by Gasteiger charge is 2.32. The number of amides is 1. The minimum Gasteiger partial charge on any atom is -0.394 e. The van der Waals surface area contributed by atoms with Crippen LogP contribution in [0.2, 0.25) is 0 Å². The van der Waals surface area contributed by atoms with E-state index in [4.69, 9.17) is 4.52 Å². The van der Waals surface area contributed by atoms with E-state index in [-0.39, 0.29) is 12.5 Å². The summed E-state index contributed by atoms with van der Waals surface area (Å²) in [5, 5.41) is 18.4. The summed E-state index contributed by atoms with van der Waals surface area (Å²) < 4.78 is 5.46. The lowest BCUT2D eigenvalue weighted by molar-refractivity contribution is -0.115. The highest BCUT2D eigenvalue weighted by molar-refractivity contribution is 5.99. The molecule has 0 unspecified atom stereocenters. The van der Waals surface area contributed by atoms with Crippen molar-refractivity contribution >= 4 is 23.0 Å². The number of aromatic nitrogens is 2. The fourth-order valence-corrected chi connectivity index (χ4v) is 3.52. The number of hydrazine groups is 2. The molecule has 9 heteroatoms. The number of aliphatic hydroxyl groups excluding tert-OH is 1. The molecule has 2 aliphatic heterocycles. The summed E-state index contributed by atoms with van der Waals surface area (Å²) >= 11 is 0. The molecule has 0 aliphatic carbocycles. The lowest BCUT2D eigenvalue weighted by Crippen LogP contribution is -2.53. The zero-order valence-corrected chi connectivity index (χ0v) is 16.0. The van der Waals surface area contributed by atoms with Gasteiger partial charge in [-0.3, -0.25) is 9.80 Å². The Labute approximate surface area is 166 Å². The van der Waals surface area contributed by atoms with Crippen LogP contribution in [0.1, 0.15) is 19.4 Å². The molecule has 4 N–H and O–H groups in total. The standard InChI is InChI=1S/C20H20N6O3/c1-20(2,10-27)26-16-6-4-11(8-15(16)23-25-26)18-22-19(29-24-18)12-3-5-14-13(7-12)9-17(28)21-14/h3-8,23,25,27H,9-10H2,1-2H3,(H,21,28). The number of nitrogens with one attached hydrogen (secondary N) is 3. The molecule has 5 rings (SSSR count). The van der Waals surface area contributed by atoms with E-state index >= 15 is 0 Å². The molecule has 1 aromatic heterocycles. The Morgan fingerprint density at radius 2 is 2.00 bits per heavy atom. The van der Waals surface area contributed by atoms with Crippen molar-refractivity contribution in [2.75, 3.05) is 22.4 Å². The Morgan fingerprint density at radius 1 is 1.17 bits per heavy atom. The fourth-order valence-electron chi connectivity index (χ4n) is 3.52. The van der Waals surface area contributed by atoms with Crippen molar-refractivity contribution in [1.82, 2.24) is 15.7 Å². The average molecular weight is 392 g/mol. The van der Waals surface area contributed by atoms with Crippen LogP contribution < -0.4 is 21.3 Å². The zero-order chi connectivity index (χ0) is 20.2. The summed E-state index contributed by atoms with van der Waals surface area (Å²) in [6.45, 7) is 3.88. The number of aliphatic hydroxyl groups is 1. The Balaban J connectivity index is 1.43. The molecule has 29 heavy (non-hydrogen) atoms. The Morgan fingerprint density at radius 3 is 2.83 bits per heavy atom. The first-order chi connectivity index (χ1) is 13.9. The number of carbonyl (C=O) groups is 1. The first-order valence-corrected chi connectivity index (χ1v) is 9.29. The summed E-state index contributed by atoms with van der Waals surface area (Å²) in [6, 6.07) is 11.4. The van der Waals surface area contributed by atoms with Gasteiger partial charge in [-0.25, -0.2) is 0 Å². The smallest absolute Gasteiger partial charge is 0.258 e. The normalized spacial score (nSPS) is 15.1. The number of hydrogen-bond acceptors (Lipinski definition) is 8. The SMILES string of the molecule is CC(C)(CO)N1NNc2cc(-c3noc(-c4ccc5c(c4)CC(=O)N5)n3)ccc21. The van der Waals surface area contributed by atoms with Gasteiger partial charge in [0.05, 0.1) is 29.9 Å². The van der Waals surface area contributed by atoms with Crippen molar-refractivity contribution in [2.45, 2.75) is 25.8 Å². The Bertz CT molecular complexity index is 1120. The van der Waals surface area contributed by atoms with Crippen molar-refractivity contribution in [3.63, 3.8) is 0 Å². The van der Waals surface area contributed by atoms with Crippen LogP contribution in [-0.4, -0.2) is 33.3 Å². The van der Waals surface area contributed by atoms with Crippen molar-refractivity contribution in [3.05, 3.63) is 42.0 Å². The molecule has 0 fully saturated rings. The van der Waals surface area contributed by atoms with Crippen LogP contribution in [0.15, 0.2) is 40.9 Å². The van der Waals surface area contributed by atoms with Gasteiger partial charge < -0.3 is 20.4 Å². The number of fused-ring (bicyclic) bond motifs is 2. The van der Waals surface area contributed by atoms with E-state index in [0.29, 0.717) is 18.1 Å². The molecule has 3 heterocycles. The van der Waals surface area contributed by atoms with Gasteiger partial charge in [-0.05, 0) is 55.8 Å². The van der Waals surface area contributed by atoms with Crippen LogP contribution in [-0.2, 0) is 11.2 Å². The zero-order valence-electron chi connectivity index (χ0n) is 16.0. The molecule has 0 spiro atoms. The minimum absolute atomic E-state index is 0.00102. The van der Waals surface area contributed by atoms with E-state index in [1.54, 1.807) is 0 Å². The van der Waals surface area contributed by atoms with Crippen LogP contribution >= 0.6 is 0 Å². The van der Waals surface area contributed by atoms with Crippen LogP contribution in [0.3, 0.4) is 0 Å². The quantitative estimate of drug-likeness (QED) is 0.535. The van der Waals surface area contributed by atoms with Crippen molar-refractivity contribution < 1.29 is 14.4 Å². The monoisotopic (exact) mass is 392 g/mol. The molecule has 0 saturated heterocycles. The number of nitrogens with zero attached hydrogens (tertiary/aromatic N) is 3. The third-order valence-electron chi connectivity index (χ3n) is 5.19. The van der Waals surface area contributed by atoms with Gasteiger partial charge in [0.15, 0.2) is 0 Å². The third-order valence-corrected chi connectivity index (χ3v) is 5.19. The van der Waals surface area contributed by atoms with E-state index < -0.39 is 5.54 Å². The van der Waals surface area contributed by atoms with Crippen molar-refractivity contribution in [2.24, 2.45) is 0 Å². The second-order valence-corrected chi connectivity index (χ2v) is 7.79. The number of anilines is 3. The van der Waals surface area contributed by atoms with Gasteiger partial charge in [-0.15, -0.1) is 5.53 Å². The number of benzene rings is 2. The summed E-state index contributed by atoms with van der Waals surface area (Å²) in [4.78, 5) is 16.1. The van der Waals surface area contributed by atoms with E-state index in [1.807, 2.05) is 55.3 Å². The highest BCUT2D eigenvalue weighted by Crippen LogP contribution is 2.37. The summed E-state index contributed by atoms with van der Waals surface area (Å²) in [6.07, 6.45) is 0.356. The van der Waals surface area contributed by atoms with Crippen molar-refractivity contribution in [1.29, 1.82) is 0 Å². The molecule has 0 radical (unpaired) electrons. The highest BCUT2D eigenvalue weighted by atomic mass is 16.5. The fraction of sp³-hybridized carbons (Fsp3) is 0.250. The molecular weight excluding hydrogens is 372 g/mol. The molecular formula is C20H20N6O3. The first kappa shape index (κ1) is 17.7. The van der Waals surface area contributed by atoms with E-state index in [1.165, 1.54) is 0 Å². The lowest BCUT2D eigenvalue weighted by atomic mass is 10.0.